The molecule has 2 aromatic carbocycles. The molecule has 2 aromatic heterocycles. The molecule has 8 nitrogen and oxygen atoms in total. The summed E-state index contributed by atoms with van der Waals surface area (Å²) in [4.78, 5) is 9.16. The predicted octanol–water partition coefficient (Wildman–Crippen LogP) is 10.2. The lowest BCUT2D eigenvalue weighted by molar-refractivity contribution is 0.177. The van der Waals surface area contributed by atoms with E-state index < -0.39 is 16.6 Å². The predicted molar refractivity (Wildman–Crippen MR) is 196 cm³/mol. The highest BCUT2D eigenvalue weighted by atomic mass is 79.9. The van der Waals surface area contributed by atoms with Crippen molar-refractivity contribution in [1.29, 1.82) is 0 Å². The number of fused-ring (bicyclic) bond motifs is 2. The Morgan fingerprint density at radius 1 is 0.609 bits per heavy atom. The van der Waals surface area contributed by atoms with Crippen LogP contribution in [-0.4, -0.2) is 46.2 Å². The van der Waals surface area contributed by atoms with Crippen LogP contribution in [0.15, 0.2) is 70.1 Å². The highest BCUT2D eigenvalue weighted by Gasteiger charge is 2.45. The fraction of sp³-hybridized carbons (Fsp3) is 0.529. The molecule has 0 radical (unpaired) electrons. The Morgan fingerprint density at radius 2 is 0.935 bits per heavy atom. The maximum absolute atomic E-state index is 6.65. The van der Waals surface area contributed by atoms with E-state index in [2.05, 4.69) is 168 Å². The lowest BCUT2D eigenvalue weighted by atomic mass is 10.0. The first kappa shape index (κ1) is 35.3. The summed E-state index contributed by atoms with van der Waals surface area (Å²) >= 11 is 6.83. The minimum Gasteiger partial charge on any atom is -0.407 e. The number of benzene rings is 2. The third kappa shape index (κ3) is 7.36. The van der Waals surface area contributed by atoms with E-state index in [1.807, 2.05) is 21.5 Å². The Balaban J connectivity index is 0.000000181. The Labute approximate surface area is 293 Å². The second-order valence-corrected chi connectivity index (χ2v) is 26.4. The summed E-state index contributed by atoms with van der Waals surface area (Å²) in [6.07, 6.45) is 1.83. The third-order valence-corrected chi connectivity index (χ3v) is 19.8. The monoisotopic (exact) mass is 786 g/mol. The van der Waals surface area contributed by atoms with Gasteiger partial charge < -0.3 is 8.85 Å². The highest BCUT2D eigenvalue weighted by Crippen LogP contribution is 2.47. The van der Waals surface area contributed by atoms with Crippen LogP contribution in [0.2, 0.25) is 36.3 Å². The number of rotatable bonds is 6. The van der Waals surface area contributed by atoms with Gasteiger partial charge in [-0.05, 0) is 79.3 Å². The maximum Gasteiger partial charge on any atom is 0.217 e. The zero-order chi connectivity index (χ0) is 33.7. The largest absolute Gasteiger partial charge is 0.407 e. The molecular formula is C34H48Br2N6O2Si2. The van der Waals surface area contributed by atoms with E-state index in [1.165, 1.54) is 11.1 Å². The number of hydrogen-bond donors (Lipinski definition) is 0. The van der Waals surface area contributed by atoms with Crippen molar-refractivity contribution in [2.75, 3.05) is 0 Å². The van der Waals surface area contributed by atoms with Crippen LogP contribution in [-0.2, 0) is 8.85 Å². The van der Waals surface area contributed by atoms with E-state index in [-0.39, 0.29) is 34.4 Å². The van der Waals surface area contributed by atoms with Crippen molar-refractivity contribution in [2.45, 2.75) is 115 Å². The molecule has 0 saturated heterocycles. The van der Waals surface area contributed by atoms with Crippen LogP contribution in [0.25, 0.3) is 0 Å². The minimum atomic E-state index is -1.86. The molecule has 2 aliphatic rings. The van der Waals surface area contributed by atoms with Crippen LogP contribution >= 0.6 is 31.9 Å². The summed E-state index contributed by atoms with van der Waals surface area (Å²) in [7, 11) is -3.71. The molecule has 0 unspecified atom stereocenters. The molecule has 248 valence electrons. The van der Waals surface area contributed by atoms with Crippen LogP contribution in [0.4, 0.5) is 0 Å². The van der Waals surface area contributed by atoms with Gasteiger partial charge in [0.2, 0.25) is 9.47 Å². The molecule has 0 aliphatic carbocycles. The summed E-state index contributed by atoms with van der Waals surface area (Å²) in [5.41, 5.74) is 2.51. The summed E-state index contributed by atoms with van der Waals surface area (Å²) in [5, 5.41) is 9.46. The van der Waals surface area contributed by atoms with Crippen LogP contribution < -0.4 is 0 Å². The Hall–Kier alpha value is -1.97. The molecule has 4 heterocycles. The molecule has 4 atom stereocenters. The molecule has 0 spiro atoms. The molecule has 0 N–H and O–H groups in total. The van der Waals surface area contributed by atoms with Gasteiger partial charge in [-0.2, -0.15) is 0 Å². The van der Waals surface area contributed by atoms with Gasteiger partial charge in [0, 0.05) is 12.8 Å². The van der Waals surface area contributed by atoms with Gasteiger partial charge in [0.15, 0.2) is 28.3 Å². The fourth-order valence-corrected chi connectivity index (χ4v) is 8.74. The molecule has 6 rings (SSSR count). The van der Waals surface area contributed by atoms with E-state index in [0.29, 0.717) is 9.47 Å². The summed E-state index contributed by atoms with van der Waals surface area (Å²) < 4.78 is 18.6. The van der Waals surface area contributed by atoms with Gasteiger partial charge in [0.25, 0.3) is 0 Å². The standard InChI is InChI=1S/2C17H24BrN3OSi/c2*1-17(2,3)23(4,5)22-14-11-13(12-9-7-6-8-10-12)21-15(14)19-16(18)20-21/h2*6-10,13-14H,11H2,1-5H3/t13-,14+;13-,14-/m10/s1. The van der Waals surface area contributed by atoms with Gasteiger partial charge >= 0.3 is 0 Å². The van der Waals surface area contributed by atoms with E-state index in [0.717, 1.165) is 24.5 Å². The van der Waals surface area contributed by atoms with E-state index in [4.69, 9.17) is 8.85 Å². The van der Waals surface area contributed by atoms with Gasteiger partial charge in [-0.3, -0.25) is 0 Å². The van der Waals surface area contributed by atoms with Crippen LogP contribution in [0.1, 0.15) is 101 Å². The average Bonchev–Trinajstić information content (AvgIpc) is 3.70. The topological polar surface area (TPSA) is 79.9 Å². The zero-order valence-corrected chi connectivity index (χ0v) is 33.9. The first-order valence-electron chi connectivity index (χ1n) is 16.1. The lowest BCUT2D eigenvalue weighted by Gasteiger charge is -2.38. The van der Waals surface area contributed by atoms with Gasteiger partial charge in [-0.25, -0.2) is 19.3 Å². The normalized spacial score (nSPS) is 21.5. The third-order valence-electron chi connectivity index (χ3n) is 10.2. The maximum atomic E-state index is 6.65. The second kappa shape index (κ2) is 13.2. The van der Waals surface area contributed by atoms with Crippen LogP contribution in [0, 0.1) is 0 Å². The molecule has 0 saturated carbocycles. The Morgan fingerprint density at radius 3 is 1.24 bits per heavy atom. The number of nitrogens with zero attached hydrogens (tertiary/aromatic N) is 6. The molecule has 0 bridgehead atoms. The SMILES string of the molecule is CC(C)(C)[Si](C)(C)O[C@H]1C[C@@H](c2ccccc2)n2nc(Br)nc21.CC(C)(C)[Si](C)(C)O[C@H]1C[C@H](c2ccccc2)n2nc(Br)nc21. The van der Waals surface area contributed by atoms with Gasteiger partial charge in [0.05, 0.1) is 12.1 Å². The van der Waals surface area contributed by atoms with Crippen LogP contribution in [0.3, 0.4) is 0 Å². The zero-order valence-electron chi connectivity index (χ0n) is 28.8. The summed E-state index contributed by atoms with van der Waals surface area (Å²) in [6, 6.07) is 21.4. The molecular weight excluding hydrogens is 740 g/mol. The van der Waals surface area contributed by atoms with E-state index in [1.54, 1.807) is 0 Å². The van der Waals surface area contributed by atoms with Gasteiger partial charge in [-0.1, -0.05) is 102 Å². The highest BCUT2D eigenvalue weighted by molar-refractivity contribution is 9.10. The van der Waals surface area contributed by atoms with Crippen LogP contribution in [0.5, 0.6) is 0 Å². The van der Waals surface area contributed by atoms with Crippen molar-refractivity contribution >= 4 is 48.5 Å². The first-order chi connectivity index (χ1) is 21.4. The van der Waals surface area contributed by atoms with Crippen molar-refractivity contribution in [2.24, 2.45) is 0 Å². The second-order valence-electron chi connectivity index (χ2n) is 15.4. The van der Waals surface area contributed by atoms with Gasteiger partial charge in [0.1, 0.15) is 12.2 Å². The average molecular weight is 789 g/mol. The Bertz CT molecular complexity index is 1510. The number of halogens is 2. The molecule has 46 heavy (non-hydrogen) atoms. The van der Waals surface area contributed by atoms with Crippen molar-refractivity contribution in [1.82, 2.24) is 29.5 Å². The van der Waals surface area contributed by atoms with E-state index in [9.17, 15) is 0 Å². The molecule has 2 aliphatic heterocycles. The summed E-state index contributed by atoms with van der Waals surface area (Å²) in [5.74, 6) is 1.88. The Kier molecular flexibility index (Phi) is 10.1. The quantitative estimate of drug-likeness (QED) is 0.181. The van der Waals surface area contributed by atoms with Crippen molar-refractivity contribution in [3.05, 3.63) is 92.9 Å². The summed E-state index contributed by atoms with van der Waals surface area (Å²) in [6.45, 7) is 22.8. The van der Waals surface area contributed by atoms with Crippen molar-refractivity contribution in [3.63, 3.8) is 0 Å². The number of hydrogen-bond acceptors (Lipinski definition) is 6. The molecule has 12 heteroatoms. The van der Waals surface area contributed by atoms with Gasteiger partial charge in [-0.15, -0.1) is 10.2 Å². The van der Waals surface area contributed by atoms with Crippen molar-refractivity contribution in [3.8, 4) is 0 Å². The van der Waals surface area contributed by atoms with Crippen molar-refractivity contribution < 1.29 is 8.85 Å². The fourth-order valence-electron chi connectivity index (χ4n) is 5.50. The molecule has 0 fully saturated rings. The smallest absolute Gasteiger partial charge is 0.217 e. The number of aromatic nitrogens is 6. The molecule has 0 amide bonds. The minimum absolute atomic E-state index is 0.0138. The first-order valence-corrected chi connectivity index (χ1v) is 23.5. The molecule has 4 aromatic rings. The lowest BCUT2D eigenvalue weighted by Crippen LogP contribution is -2.41. The van der Waals surface area contributed by atoms with E-state index >= 15 is 0 Å².